The summed E-state index contributed by atoms with van der Waals surface area (Å²) >= 11 is 0.579. The lowest BCUT2D eigenvalue weighted by atomic mass is 10.1. The number of rotatable bonds is 11. The number of hydrogen-bond donors (Lipinski definition) is 5. The molecule has 0 saturated carbocycles. The zero-order valence-corrected chi connectivity index (χ0v) is 26.9. The van der Waals surface area contributed by atoms with Gasteiger partial charge in [0.25, 0.3) is 10.1 Å². The standard InChI is InChI=1S/C33H25N5O9S2/c1-45-29-18-26(28(39)17-27(29)37-35-23-11-12-24-19(14-23)6-5-9-31(24)49(42,43)44)36-38-32-30(48-47-46-41)16-20-15-22(10-13-25(20)33(32)40)34-21-7-3-2-4-8-21/h2-18,34,39-41H,1H3,(H,42,43,44). The number of aromatic hydroxyl groups is 2. The molecule has 6 rings (SSSR count). The number of azo groups is 2. The molecule has 16 heteroatoms. The van der Waals surface area contributed by atoms with Crippen LogP contribution in [0.5, 0.6) is 17.2 Å². The zero-order chi connectivity index (χ0) is 34.5. The van der Waals surface area contributed by atoms with E-state index in [0.29, 0.717) is 39.3 Å². The van der Waals surface area contributed by atoms with E-state index >= 15 is 0 Å². The Morgan fingerprint density at radius 3 is 2.27 bits per heavy atom. The molecule has 0 fully saturated rings. The number of fused-ring (bicyclic) bond motifs is 2. The Morgan fingerprint density at radius 2 is 1.51 bits per heavy atom. The highest BCUT2D eigenvalue weighted by molar-refractivity contribution is 7.94. The average molecular weight is 700 g/mol. The monoisotopic (exact) mass is 699 g/mol. The van der Waals surface area contributed by atoms with Gasteiger partial charge in [-0.15, -0.1) is 19.7 Å². The maximum absolute atomic E-state index is 11.7. The molecule has 248 valence electrons. The largest absolute Gasteiger partial charge is 0.506 e. The average Bonchev–Trinajstić information content (AvgIpc) is 3.09. The molecule has 0 bridgehead atoms. The molecule has 0 spiro atoms. The van der Waals surface area contributed by atoms with Crippen LogP contribution in [-0.4, -0.2) is 35.6 Å². The van der Waals surface area contributed by atoms with Gasteiger partial charge in [-0.05, 0) is 65.4 Å². The van der Waals surface area contributed by atoms with E-state index in [1.165, 1.54) is 43.5 Å². The molecule has 6 aromatic carbocycles. The number of anilines is 2. The molecule has 0 radical (unpaired) electrons. The van der Waals surface area contributed by atoms with Gasteiger partial charge in [0.05, 0.1) is 29.7 Å². The van der Waals surface area contributed by atoms with Gasteiger partial charge >= 0.3 is 0 Å². The topological polar surface area (TPSA) is 204 Å². The normalized spacial score (nSPS) is 12.0. The van der Waals surface area contributed by atoms with Crippen LogP contribution in [0.25, 0.3) is 21.5 Å². The predicted octanol–water partition coefficient (Wildman–Crippen LogP) is 9.66. The first-order valence-corrected chi connectivity index (χ1v) is 16.3. The van der Waals surface area contributed by atoms with Gasteiger partial charge in [-0.25, -0.2) is 5.26 Å². The molecular formula is C33H25N5O9S2. The molecule has 0 aliphatic heterocycles. The van der Waals surface area contributed by atoms with Crippen molar-refractivity contribution in [2.45, 2.75) is 9.79 Å². The summed E-state index contributed by atoms with van der Waals surface area (Å²) in [6.45, 7) is 0. The molecule has 0 unspecified atom stereocenters. The first kappa shape index (κ1) is 33.3. The second-order valence-corrected chi connectivity index (χ2v) is 12.4. The van der Waals surface area contributed by atoms with E-state index in [4.69, 9.17) is 9.99 Å². The van der Waals surface area contributed by atoms with E-state index in [2.05, 4.69) is 35.1 Å². The van der Waals surface area contributed by atoms with E-state index in [1.54, 1.807) is 30.3 Å². The summed E-state index contributed by atoms with van der Waals surface area (Å²) in [6, 6.07) is 28.2. The number of benzene rings is 6. The molecular weight excluding hydrogens is 675 g/mol. The summed E-state index contributed by atoms with van der Waals surface area (Å²) in [6.07, 6.45) is 0. The zero-order valence-electron chi connectivity index (χ0n) is 25.3. The van der Waals surface area contributed by atoms with E-state index < -0.39 is 10.1 Å². The molecule has 0 aliphatic rings. The third-order valence-electron chi connectivity index (χ3n) is 7.18. The third-order valence-corrected chi connectivity index (χ3v) is 8.71. The van der Waals surface area contributed by atoms with Gasteiger partial charge in [-0.2, -0.15) is 13.5 Å². The number of phenols is 2. The fraction of sp³-hybridized carbons (Fsp3) is 0.0303. The summed E-state index contributed by atoms with van der Waals surface area (Å²) in [5.41, 5.74) is 2.06. The Balaban J connectivity index is 1.30. The van der Waals surface area contributed by atoms with Gasteiger partial charge in [0.1, 0.15) is 33.5 Å². The summed E-state index contributed by atoms with van der Waals surface area (Å²) in [4.78, 5) is 0.00251. The SMILES string of the molecule is COc1cc(N=Nc2c(SOOO)cc3cc(Nc4ccccc4)ccc3c2O)c(O)cc1N=Nc1ccc2c(S(=O)(=O)O)cccc2c1. The highest BCUT2D eigenvalue weighted by atomic mass is 32.2. The minimum atomic E-state index is -4.42. The van der Waals surface area contributed by atoms with Crippen LogP contribution in [0.15, 0.2) is 133 Å². The van der Waals surface area contributed by atoms with Crippen molar-refractivity contribution in [1.82, 2.24) is 0 Å². The van der Waals surface area contributed by atoms with Crippen molar-refractivity contribution >= 4 is 77.8 Å². The number of hydrogen-bond acceptors (Lipinski definition) is 14. The van der Waals surface area contributed by atoms with Gasteiger partial charge in [-0.3, -0.25) is 4.55 Å². The van der Waals surface area contributed by atoms with Crippen LogP contribution in [-0.2, 0) is 19.5 Å². The Kier molecular flexibility index (Phi) is 9.68. The molecule has 0 aromatic heterocycles. The highest BCUT2D eigenvalue weighted by Gasteiger charge is 2.17. The lowest BCUT2D eigenvalue weighted by Gasteiger charge is -2.12. The third kappa shape index (κ3) is 7.44. The van der Waals surface area contributed by atoms with Crippen molar-refractivity contribution in [2.75, 3.05) is 12.4 Å². The van der Waals surface area contributed by atoms with Gasteiger partial charge < -0.3 is 20.3 Å². The maximum Gasteiger partial charge on any atom is 0.295 e. The van der Waals surface area contributed by atoms with Crippen LogP contribution in [0.2, 0.25) is 0 Å². The fourth-order valence-corrected chi connectivity index (χ4v) is 6.15. The predicted molar refractivity (Wildman–Crippen MR) is 183 cm³/mol. The number of para-hydroxylation sites is 1. The molecule has 0 saturated heterocycles. The Labute approximate surface area is 282 Å². The Hall–Kier alpha value is -5.62. The second-order valence-electron chi connectivity index (χ2n) is 10.3. The Bertz CT molecular complexity index is 2360. The minimum Gasteiger partial charge on any atom is -0.506 e. The highest BCUT2D eigenvalue weighted by Crippen LogP contribution is 2.46. The summed E-state index contributed by atoms with van der Waals surface area (Å²) < 4.78 is 43.0. The van der Waals surface area contributed by atoms with Gasteiger partial charge in [0.2, 0.25) is 0 Å². The van der Waals surface area contributed by atoms with Gasteiger partial charge in [0, 0.05) is 34.3 Å². The molecule has 6 aromatic rings. The number of methoxy groups -OCH3 is 1. The number of nitrogens with one attached hydrogen (secondary N) is 1. The van der Waals surface area contributed by atoms with Gasteiger partial charge in [0.15, 0.2) is 5.75 Å². The fourth-order valence-electron chi connectivity index (χ4n) is 4.94. The maximum atomic E-state index is 11.7. The first-order chi connectivity index (χ1) is 23.6. The molecule has 0 atom stereocenters. The summed E-state index contributed by atoms with van der Waals surface area (Å²) in [7, 11) is -3.04. The van der Waals surface area contributed by atoms with Gasteiger partial charge in [-0.1, -0.05) is 41.4 Å². The van der Waals surface area contributed by atoms with Crippen molar-refractivity contribution in [2.24, 2.45) is 20.5 Å². The first-order valence-electron chi connectivity index (χ1n) is 14.2. The molecule has 5 N–H and O–H groups in total. The van der Waals surface area contributed by atoms with Crippen molar-refractivity contribution in [3.8, 4) is 17.2 Å². The summed E-state index contributed by atoms with van der Waals surface area (Å²) in [5.74, 6) is -0.402. The van der Waals surface area contributed by atoms with E-state index in [0.717, 1.165) is 11.4 Å². The molecule has 14 nitrogen and oxygen atoms in total. The van der Waals surface area contributed by atoms with E-state index in [-0.39, 0.29) is 44.1 Å². The van der Waals surface area contributed by atoms with E-state index in [1.807, 2.05) is 36.4 Å². The molecule has 0 aliphatic carbocycles. The quantitative estimate of drug-likeness (QED) is 0.0283. The van der Waals surface area contributed by atoms with Crippen LogP contribution < -0.4 is 10.1 Å². The van der Waals surface area contributed by atoms with Crippen LogP contribution in [0, 0.1) is 0 Å². The van der Waals surface area contributed by atoms with Crippen molar-refractivity contribution in [3.63, 3.8) is 0 Å². The van der Waals surface area contributed by atoms with Crippen LogP contribution in [0.1, 0.15) is 0 Å². The molecule has 49 heavy (non-hydrogen) atoms. The lowest BCUT2D eigenvalue weighted by molar-refractivity contribution is -0.432. The van der Waals surface area contributed by atoms with Crippen LogP contribution >= 0.6 is 12.0 Å². The smallest absolute Gasteiger partial charge is 0.295 e. The molecule has 0 heterocycles. The molecule has 0 amide bonds. The van der Waals surface area contributed by atoms with Crippen molar-refractivity contribution in [1.29, 1.82) is 0 Å². The number of nitrogens with zero attached hydrogens (tertiary/aromatic N) is 4. The van der Waals surface area contributed by atoms with Crippen molar-refractivity contribution < 1.29 is 42.5 Å². The lowest BCUT2D eigenvalue weighted by Crippen LogP contribution is -1.98. The minimum absolute atomic E-state index is 0.0311. The summed E-state index contributed by atoms with van der Waals surface area (Å²) in [5, 5.41) is 56.4. The number of ether oxygens (including phenoxy) is 1. The van der Waals surface area contributed by atoms with Crippen molar-refractivity contribution in [3.05, 3.63) is 103 Å². The van der Waals surface area contributed by atoms with Crippen LogP contribution in [0.3, 0.4) is 0 Å². The Morgan fingerprint density at radius 1 is 0.735 bits per heavy atom. The van der Waals surface area contributed by atoms with Crippen LogP contribution in [0.4, 0.5) is 34.1 Å². The second kappa shape index (κ2) is 14.2. The number of phenolic OH excluding ortho intramolecular Hbond substituents is 2. The van der Waals surface area contributed by atoms with E-state index in [9.17, 15) is 23.2 Å².